The van der Waals surface area contributed by atoms with Crippen LogP contribution in [0.25, 0.3) is 22.0 Å². The first-order valence-electron chi connectivity index (χ1n) is 6.55. The van der Waals surface area contributed by atoms with E-state index in [0.717, 1.165) is 0 Å². The fourth-order valence-electron chi connectivity index (χ4n) is 2.35. The molecule has 4 nitrogen and oxygen atoms in total. The number of benzene rings is 2. The maximum absolute atomic E-state index is 12.2. The van der Waals surface area contributed by atoms with Gasteiger partial charge in [-0.2, -0.15) is 0 Å². The Hall–Kier alpha value is -2.96. The van der Waals surface area contributed by atoms with Gasteiger partial charge in [-0.25, -0.2) is 4.79 Å². The van der Waals surface area contributed by atoms with Crippen LogP contribution < -0.4 is 4.74 Å². The fourth-order valence-corrected chi connectivity index (χ4v) is 2.35. The van der Waals surface area contributed by atoms with E-state index in [2.05, 4.69) is 9.72 Å². The van der Waals surface area contributed by atoms with Crippen LogP contribution in [0.4, 0.5) is 13.2 Å². The Morgan fingerprint density at radius 1 is 1.09 bits per heavy atom. The fraction of sp³-hybridized carbons (Fsp3) is 0.0625. The summed E-state index contributed by atoms with van der Waals surface area (Å²) in [4.78, 5) is 13.8. The van der Waals surface area contributed by atoms with Gasteiger partial charge in [0.15, 0.2) is 0 Å². The molecule has 0 spiro atoms. The van der Waals surface area contributed by atoms with Gasteiger partial charge < -0.3 is 14.8 Å². The molecular weight excluding hydrogens is 311 g/mol. The summed E-state index contributed by atoms with van der Waals surface area (Å²) in [6.45, 7) is 0. The van der Waals surface area contributed by atoms with Crippen LogP contribution in [0.5, 0.6) is 5.75 Å². The normalized spacial score (nSPS) is 11.6. The number of rotatable bonds is 3. The quantitative estimate of drug-likeness (QED) is 0.750. The molecule has 23 heavy (non-hydrogen) atoms. The lowest BCUT2D eigenvalue weighted by molar-refractivity contribution is -0.274. The minimum atomic E-state index is -4.74. The van der Waals surface area contributed by atoms with Gasteiger partial charge in [-0.3, -0.25) is 0 Å². The van der Waals surface area contributed by atoms with Crippen molar-refractivity contribution in [2.45, 2.75) is 6.36 Å². The molecule has 0 aliphatic rings. The second-order valence-corrected chi connectivity index (χ2v) is 4.83. The van der Waals surface area contributed by atoms with Gasteiger partial charge in [0.2, 0.25) is 0 Å². The van der Waals surface area contributed by atoms with Crippen molar-refractivity contribution in [1.29, 1.82) is 0 Å². The molecule has 0 bridgehead atoms. The lowest BCUT2D eigenvalue weighted by Crippen LogP contribution is -2.16. The van der Waals surface area contributed by atoms with Gasteiger partial charge in [-0.1, -0.05) is 30.3 Å². The van der Waals surface area contributed by atoms with Crippen LogP contribution in [0.2, 0.25) is 0 Å². The average Bonchev–Trinajstić information content (AvgIpc) is 2.90. The molecule has 1 aromatic heterocycles. The van der Waals surface area contributed by atoms with E-state index in [1.807, 2.05) is 0 Å². The number of H-pyrrole nitrogens is 1. The van der Waals surface area contributed by atoms with Crippen molar-refractivity contribution in [2.24, 2.45) is 0 Å². The van der Waals surface area contributed by atoms with Crippen LogP contribution in [0.1, 0.15) is 10.5 Å². The van der Waals surface area contributed by atoms with Crippen molar-refractivity contribution < 1.29 is 27.8 Å². The molecule has 0 atom stereocenters. The maximum Gasteiger partial charge on any atom is 0.573 e. The summed E-state index contributed by atoms with van der Waals surface area (Å²) in [6, 6.07) is 12.1. The van der Waals surface area contributed by atoms with Crippen molar-refractivity contribution in [1.82, 2.24) is 4.98 Å². The number of aromatic carboxylic acids is 1. The van der Waals surface area contributed by atoms with E-state index in [1.165, 1.54) is 30.3 Å². The molecule has 0 unspecified atom stereocenters. The van der Waals surface area contributed by atoms with Gasteiger partial charge in [-0.15, -0.1) is 13.2 Å². The Kier molecular flexibility index (Phi) is 3.48. The highest BCUT2D eigenvalue weighted by Crippen LogP contribution is 2.31. The number of nitrogens with one attached hydrogen (secondary N) is 1. The molecular formula is C16H10F3NO3. The average molecular weight is 321 g/mol. The van der Waals surface area contributed by atoms with Crippen LogP contribution >= 0.6 is 0 Å². The van der Waals surface area contributed by atoms with Crippen LogP contribution in [0.15, 0.2) is 48.5 Å². The zero-order valence-corrected chi connectivity index (χ0v) is 11.5. The maximum atomic E-state index is 12.2. The molecule has 0 fully saturated rings. The van der Waals surface area contributed by atoms with E-state index in [0.29, 0.717) is 22.0 Å². The third-order valence-electron chi connectivity index (χ3n) is 3.29. The molecule has 0 radical (unpaired) electrons. The molecule has 0 aliphatic heterocycles. The molecule has 1 heterocycles. The van der Waals surface area contributed by atoms with E-state index < -0.39 is 12.3 Å². The van der Waals surface area contributed by atoms with E-state index in [1.54, 1.807) is 18.2 Å². The van der Waals surface area contributed by atoms with E-state index in [4.69, 9.17) is 5.11 Å². The summed E-state index contributed by atoms with van der Waals surface area (Å²) in [5, 5.41) is 9.74. The van der Waals surface area contributed by atoms with Crippen molar-refractivity contribution in [3.05, 3.63) is 54.2 Å². The first-order valence-corrected chi connectivity index (χ1v) is 6.55. The second-order valence-electron chi connectivity index (χ2n) is 4.83. The summed E-state index contributed by atoms with van der Waals surface area (Å²) in [5.74, 6) is -1.40. The molecule has 7 heteroatoms. The van der Waals surface area contributed by atoms with Crippen molar-refractivity contribution in [3.63, 3.8) is 0 Å². The van der Waals surface area contributed by atoms with Gasteiger partial charge >= 0.3 is 12.3 Å². The number of para-hydroxylation sites is 1. The number of ether oxygens (including phenoxy) is 1. The molecule has 0 amide bonds. The van der Waals surface area contributed by atoms with Gasteiger partial charge in [0, 0.05) is 10.9 Å². The first-order chi connectivity index (χ1) is 10.8. The molecule has 0 saturated heterocycles. The van der Waals surface area contributed by atoms with Crippen LogP contribution in [-0.4, -0.2) is 22.4 Å². The standard InChI is InChI=1S/C16H10F3NO3/c17-16(18,19)23-11-6-4-9(5-7-11)12-3-1-2-10-8-13(15(21)22)20-14(10)12/h1-8,20H,(H,21,22). The van der Waals surface area contributed by atoms with Crippen LogP contribution in [0, 0.1) is 0 Å². The smallest absolute Gasteiger partial charge is 0.477 e. The molecule has 2 aromatic carbocycles. The monoisotopic (exact) mass is 321 g/mol. The van der Waals surface area contributed by atoms with Gasteiger partial charge in [0.25, 0.3) is 0 Å². The highest BCUT2D eigenvalue weighted by molar-refractivity contribution is 6.00. The zero-order chi connectivity index (χ0) is 16.6. The van der Waals surface area contributed by atoms with Gasteiger partial charge in [0.05, 0.1) is 5.52 Å². The lowest BCUT2D eigenvalue weighted by Gasteiger charge is -2.09. The van der Waals surface area contributed by atoms with Crippen molar-refractivity contribution in [3.8, 4) is 16.9 Å². The minimum Gasteiger partial charge on any atom is -0.477 e. The number of aromatic amines is 1. The summed E-state index contributed by atoms with van der Waals surface area (Å²) in [6.07, 6.45) is -4.74. The largest absolute Gasteiger partial charge is 0.573 e. The number of carboxylic acid groups (broad SMARTS) is 1. The summed E-state index contributed by atoms with van der Waals surface area (Å²) < 4.78 is 40.3. The third-order valence-corrected chi connectivity index (χ3v) is 3.29. The highest BCUT2D eigenvalue weighted by atomic mass is 19.4. The lowest BCUT2D eigenvalue weighted by atomic mass is 10.0. The van der Waals surface area contributed by atoms with Crippen LogP contribution in [-0.2, 0) is 0 Å². The molecule has 0 aliphatic carbocycles. The SMILES string of the molecule is O=C(O)c1cc2cccc(-c3ccc(OC(F)(F)F)cc3)c2[nH]1. The molecule has 2 N–H and O–H groups in total. The molecule has 3 aromatic rings. The first kappa shape index (κ1) is 15.0. The number of carboxylic acids is 1. The number of carbonyl (C=O) groups is 1. The molecule has 3 rings (SSSR count). The van der Waals surface area contributed by atoms with E-state index >= 15 is 0 Å². The summed E-state index contributed by atoms with van der Waals surface area (Å²) in [7, 11) is 0. The van der Waals surface area contributed by atoms with Gasteiger partial charge in [0.1, 0.15) is 11.4 Å². The predicted octanol–water partition coefficient (Wildman–Crippen LogP) is 4.43. The number of aromatic nitrogens is 1. The predicted molar refractivity (Wildman–Crippen MR) is 77.4 cm³/mol. The number of hydrogen-bond acceptors (Lipinski definition) is 2. The summed E-state index contributed by atoms with van der Waals surface area (Å²) >= 11 is 0. The number of hydrogen-bond donors (Lipinski definition) is 2. The zero-order valence-electron chi connectivity index (χ0n) is 11.5. The van der Waals surface area contributed by atoms with Crippen molar-refractivity contribution in [2.75, 3.05) is 0 Å². The molecule has 118 valence electrons. The second kappa shape index (κ2) is 5.35. The number of alkyl halides is 3. The Labute approximate surface area is 128 Å². The Balaban J connectivity index is 2.01. The van der Waals surface area contributed by atoms with Gasteiger partial charge in [-0.05, 0) is 23.8 Å². The highest BCUT2D eigenvalue weighted by Gasteiger charge is 2.31. The third kappa shape index (κ3) is 3.13. The Morgan fingerprint density at radius 2 is 1.78 bits per heavy atom. The Bertz CT molecular complexity index is 866. The topological polar surface area (TPSA) is 62.3 Å². The summed E-state index contributed by atoms with van der Waals surface area (Å²) in [5.41, 5.74) is 1.98. The molecule has 0 saturated carbocycles. The minimum absolute atomic E-state index is 0.0458. The van der Waals surface area contributed by atoms with Crippen molar-refractivity contribution >= 4 is 16.9 Å². The Morgan fingerprint density at radius 3 is 2.39 bits per heavy atom. The number of halogens is 3. The van der Waals surface area contributed by atoms with E-state index in [9.17, 15) is 18.0 Å². The van der Waals surface area contributed by atoms with Crippen LogP contribution in [0.3, 0.4) is 0 Å². The number of fused-ring (bicyclic) bond motifs is 1. The van der Waals surface area contributed by atoms with E-state index in [-0.39, 0.29) is 11.4 Å².